The van der Waals surface area contributed by atoms with Crippen molar-refractivity contribution in [3.63, 3.8) is 0 Å². The van der Waals surface area contributed by atoms with Crippen LogP contribution >= 0.6 is 0 Å². The molecule has 5 rings (SSSR count). The van der Waals surface area contributed by atoms with Crippen LogP contribution in [0.4, 0.5) is 18.9 Å². The fourth-order valence-corrected chi connectivity index (χ4v) is 6.04. The maximum Gasteiger partial charge on any atom is 0.471 e. The number of piperidine rings is 1. The number of nitrogens with one attached hydrogen (secondary N) is 3. The number of benzene rings is 2. The van der Waals surface area contributed by atoms with Crippen molar-refractivity contribution in [3.05, 3.63) is 65.0 Å². The normalized spacial score (nSPS) is 16.8. The third kappa shape index (κ3) is 8.35. The number of anilines is 1. The van der Waals surface area contributed by atoms with Crippen molar-refractivity contribution in [2.75, 3.05) is 31.5 Å². The Morgan fingerprint density at radius 2 is 1.80 bits per heavy atom. The van der Waals surface area contributed by atoms with Crippen LogP contribution in [-0.2, 0) is 15.8 Å². The SMILES string of the molecule is CCN(CCCCCCNc1cccc2c1C(=O)N(C1CCC(=O)NC1=O)C2=O)C[C@@H](C)NC(=O)c1ccc(-c2noc(C(F)(F)F)n2)cc1. The van der Waals surface area contributed by atoms with Crippen LogP contribution in [0.15, 0.2) is 47.0 Å². The molecule has 3 aromatic rings. The summed E-state index contributed by atoms with van der Waals surface area (Å²) >= 11 is 0. The van der Waals surface area contributed by atoms with Gasteiger partial charge in [-0.1, -0.05) is 43.1 Å². The molecule has 0 saturated carbocycles. The lowest BCUT2D eigenvalue weighted by Gasteiger charge is -2.27. The number of nitrogens with zero attached hydrogens (tertiary/aromatic N) is 4. The number of carbonyl (C=O) groups excluding carboxylic acids is 5. The van der Waals surface area contributed by atoms with Gasteiger partial charge < -0.3 is 20.1 Å². The quantitative estimate of drug-likeness (QED) is 0.154. The molecule has 0 spiro atoms. The van der Waals surface area contributed by atoms with Crippen molar-refractivity contribution in [3.8, 4) is 11.4 Å². The van der Waals surface area contributed by atoms with E-state index >= 15 is 0 Å². The minimum absolute atomic E-state index is 0.0599. The van der Waals surface area contributed by atoms with E-state index in [-0.39, 0.29) is 47.3 Å². The maximum atomic E-state index is 13.3. The van der Waals surface area contributed by atoms with Crippen molar-refractivity contribution < 1.29 is 41.7 Å². The van der Waals surface area contributed by atoms with Gasteiger partial charge in [0.15, 0.2) is 0 Å². The molecule has 50 heavy (non-hydrogen) atoms. The minimum Gasteiger partial charge on any atom is -0.384 e. The minimum atomic E-state index is -4.74. The van der Waals surface area contributed by atoms with Gasteiger partial charge in [-0.2, -0.15) is 18.2 Å². The van der Waals surface area contributed by atoms with Crippen molar-refractivity contribution in [1.29, 1.82) is 0 Å². The molecule has 13 nitrogen and oxygen atoms in total. The average molecular weight is 698 g/mol. The Morgan fingerprint density at radius 1 is 1.06 bits per heavy atom. The van der Waals surface area contributed by atoms with E-state index in [1.165, 1.54) is 24.3 Å². The zero-order chi connectivity index (χ0) is 36.0. The third-order valence-electron chi connectivity index (χ3n) is 8.62. The monoisotopic (exact) mass is 697 g/mol. The first-order valence-corrected chi connectivity index (χ1v) is 16.5. The average Bonchev–Trinajstić information content (AvgIpc) is 3.68. The lowest BCUT2D eigenvalue weighted by atomic mass is 10.0. The molecular weight excluding hydrogens is 659 g/mol. The highest BCUT2D eigenvalue weighted by Gasteiger charge is 2.45. The fraction of sp³-hybridized carbons (Fsp3) is 0.441. The largest absolute Gasteiger partial charge is 0.471 e. The van der Waals surface area contributed by atoms with Crippen molar-refractivity contribution >= 4 is 35.2 Å². The number of halogens is 3. The molecular formula is C34H38F3N7O6. The van der Waals surface area contributed by atoms with Crippen LogP contribution < -0.4 is 16.0 Å². The molecule has 266 valence electrons. The van der Waals surface area contributed by atoms with E-state index in [1.807, 2.05) is 13.8 Å². The van der Waals surface area contributed by atoms with Crippen LogP contribution in [0.5, 0.6) is 0 Å². The molecule has 2 atom stereocenters. The van der Waals surface area contributed by atoms with Gasteiger partial charge in [-0.05, 0) is 63.5 Å². The summed E-state index contributed by atoms with van der Waals surface area (Å²) in [5, 5.41) is 11.8. The summed E-state index contributed by atoms with van der Waals surface area (Å²) < 4.78 is 42.5. The topological polar surface area (TPSA) is 167 Å². The number of rotatable bonds is 15. The standard InChI is InChI=1S/C34H38F3N7O6/c1-3-43(19-20(2)39-29(46)22-13-11-21(12-14-22)28-41-33(50-42-28)34(35,36)37)18-7-5-4-6-17-38-24-10-8-9-23-27(24)32(49)44(31(23)48)25-15-16-26(45)40-30(25)47/h8-14,20,25,38H,3-7,15-19H2,1-2H3,(H,39,46)(H,40,45,47)/t20-,25?/m1/s1. The van der Waals surface area contributed by atoms with E-state index in [0.717, 1.165) is 43.7 Å². The molecule has 1 fully saturated rings. The number of fused-ring (bicyclic) bond motifs is 1. The molecule has 5 amide bonds. The molecule has 2 aliphatic heterocycles. The summed E-state index contributed by atoms with van der Waals surface area (Å²) in [6.45, 7) is 6.80. The van der Waals surface area contributed by atoms with Gasteiger partial charge in [0.2, 0.25) is 17.6 Å². The lowest BCUT2D eigenvalue weighted by Crippen LogP contribution is -2.54. The molecule has 3 N–H and O–H groups in total. The predicted octanol–water partition coefficient (Wildman–Crippen LogP) is 4.27. The first-order valence-electron chi connectivity index (χ1n) is 16.5. The van der Waals surface area contributed by atoms with Gasteiger partial charge in [0.25, 0.3) is 17.7 Å². The number of amides is 5. The summed E-state index contributed by atoms with van der Waals surface area (Å²) in [5.74, 6) is -4.12. The van der Waals surface area contributed by atoms with Gasteiger partial charge in [-0.15, -0.1) is 0 Å². The van der Waals surface area contributed by atoms with Crippen molar-refractivity contribution in [2.45, 2.75) is 70.6 Å². The van der Waals surface area contributed by atoms with Crippen LogP contribution in [0.3, 0.4) is 0 Å². The molecule has 3 heterocycles. The van der Waals surface area contributed by atoms with E-state index in [9.17, 15) is 37.1 Å². The van der Waals surface area contributed by atoms with Crippen LogP contribution in [0.25, 0.3) is 11.4 Å². The van der Waals surface area contributed by atoms with E-state index in [1.54, 1.807) is 18.2 Å². The number of likely N-dealkylation sites (N-methyl/N-ethyl adjacent to an activating group) is 1. The fourth-order valence-electron chi connectivity index (χ4n) is 6.04. The van der Waals surface area contributed by atoms with Crippen LogP contribution in [0, 0.1) is 0 Å². The van der Waals surface area contributed by atoms with Gasteiger partial charge >= 0.3 is 12.1 Å². The number of hydrogen-bond donors (Lipinski definition) is 3. The first-order chi connectivity index (χ1) is 23.9. The third-order valence-corrected chi connectivity index (χ3v) is 8.62. The summed E-state index contributed by atoms with van der Waals surface area (Å²) in [6, 6.07) is 9.72. The molecule has 1 saturated heterocycles. The van der Waals surface area contributed by atoms with Gasteiger partial charge in [0, 0.05) is 42.4 Å². The molecule has 1 aromatic heterocycles. The van der Waals surface area contributed by atoms with Gasteiger partial charge in [0.1, 0.15) is 6.04 Å². The Balaban J connectivity index is 1.01. The molecule has 0 radical (unpaired) electrons. The summed E-state index contributed by atoms with van der Waals surface area (Å²) in [6.07, 6.45) is -0.918. The summed E-state index contributed by atoms with van der Waals surface area (Å²) in [7, 11) is 0. The number of hydrogen-bond acceptors (Lipinski definition) is 10. The van der Waals surface area contributed by atoms with Crippen LogP contribution in [0.1, 0.15) is 89.3 Å². The van der Waals surface area contributed by atoms with Crippen LogP contribution in [-0.4, -0.2) is 87.7 Å². The Labute approximate surface area is 285 Å². The van der Waals surface area contributed by atoms with E-state index in [0.29, 0.717) is 24.3 Å². The molecule has 2 aliphatic rings. The smallest absolute Gasteiger partial charge is 0.384 e. The highest BCUT2D eigenvalue weighted by Crippen LogP contribution is 2.33. The number of alkyl halides is 3. The van der Waals surface area contributed by atoms with E-state index < -0.39 is 41.7 Å². The number of carbonyl (C=O) groups is 5. The van der Waals surface area contributed by atoms with Gasteiger partial charge in [-0.25, -0.2) is 0 Å². The second kappa shape index (κ2) is 15.6. The van der Waals surface area contributed by atoms with Crippen LogP contribution in [0.2, 0.25) is 0 Å². The Bertz CT molecular complexity index is 1740. The van der Waals surface area contributed by atoms with Crippen molar-refractivity contribution in [1.82, 2.24) is 30.6 Å². The second-order valence-corrected chi connectivity index (χ2v) is 12.3. The molecule has 2 aromatic carbocycles. The summed E-state index contributed by atoms with van der Waals surface area (Å²) in [5.41, 5.74) is 1.64. The highest BCUT2D eigenvalue weighted by molar-refractivity contribution is 6.25. The molecule has 1 unspecified atom stereocenters. The Hall–Kier alpha value is -5.12. The van der Waals surface area contributed by atoms with Crippen molar-refractivity contribution in [2.24, 2.45) is 0 Å². The summed E-state index contributed by atoms with van der Waals surface area (Å²) in [4.78, 5) is 69.5. The number of unbranched alkanes of at least 4 members (excludes halogenated alkanes) is 3. The number of aromatic nitrogens is 2. The van der Waals surface area contributed by atoms with Gasteiger partial charge in [-0.3, -0.25) is 34.2 Å². The van der Waals surface area contributed by atoms with E-state index in [2.05, 4.69) is 35.5 Å². The number of imide groups is 2. The molecule has 0 bridgehead atoms. The van der Waals surface area contributed by atoms with E-state index in [4.69, 9.17) is 0 Å². The highest BCUT2D eigenvalue weighted by atomic mass is 19.4. The Kier molecular flexibility index (Phi) is 11.3. The Morgan fingerprint density at radius 3 is 2.48 bits per heavy atom. The first kappa shape index (κ1) is 36.2. The lowest BCUT2D eigenvalue weighted by molar-refractivity contribution is -0.159. The zero-order valence-electron chi connectivity index (χ0n) is 27.6. The zero-order valence-corrected chi connectivity index (χ0v) is 27.6. The molecule has 0 aliphatic carbocycles. The maximum absolute atomic E-state index is 13.3. The predicted molar refractivity (Wildman–Crippen MR) is 174 cm³/mol. The van der Waals surface area contributed by atoms with Gasteiger partial charge in [0.05, 0.1) is 11.1 Å². The molecule has 16 heteroatoms. The second-order valence-electron chi connectivity index (χ2n) is 12.3.